The Morgan fingerprint density at radius 2 is 1.71 bits per heavy atom. The number of hydrogen-bond acceptors (Lipinski definition) is 3. The van der Waals surface area contributed by atoms with Crippen molar-refractivity contribution in [1.82, 2.24) is 9.80 Å². The number of rotatable bonds is 5. The zero-order chi connectivity index (χ0) is 12.8. The van der Waals surface area contributed by atoms with Gasteiger partial charge in [-0.2, -0.15) is 0 Å². The van der Waals surface area contributed by atoms with Crippen molar-refractivity contribution in [3.63, 3.8) is 0 Å². The Hall–Kier alpha value is -1.00. The van der Waals surface area contributed by atoms with Crippen LogP contribution in [0.2, 0.25) is 0 Å². The van der Waals surface area contributed by atoms with Gasteiger partial charge in [-0.1, -0.05) is 12.1 Å². The van der Waals surface area contributed by atoms with Gasteiger partial charge >= 0.3 is 0 Å². The van der Waals surface area contributed by atoms with Crippen LogP contribution >= 0.6 is 12.6 Å². The van der Waals surface area contributed by atoms with Gasteiger partial charge in [-0.25, -0.2) is 0 Å². The van der Waals surface area contributed by atoms with Crippen LogP contribution in [0.25, 0.3) is 0 Å². The minimum atomic E-state index is 0.152. The first-order chi connectivity index (χ1) is 7.99. The zero-order valence-corrected chi connectivity index (χ0v) is 11.6. The summed E-state index contributed by atoms with van der Waals surface area (Å²) in [6, 6.07) is 7.71. The predicted molar refractivity (Wildman–Crippen MR) is 73.6 cm³/mol. The fourth-order valence-electron chi connectivity index (χ4n) is 1.40. The van der Waals surface area contributed by atoms with Gasteiger partial charge in [-0.3, -0.25) is 4.79 Å². The second-order valence-electron chi connectivity index (χ2n) is 4.46. The maximum Gasteiger partial charge on any atom is 0.226 e. The number of benzene rings is 1. The fraction of sp³-hybridized carbons (Fsp3) is 0.462. The molecule has 0 fully saturated rings. The molecule has 0 unspecified atom stereocenters. The molecule has 94 valence electrons. The van der Waals surface area contributed by atoms with Gasteiger partial charge in [-0.15, -0.1) is 12.6 Å². The standard InChI is InChI=1S/C13H20N2OS/c1-14(2)8-9-15(3)13(16)10-11-4-6-12(17)7-5-11/h4-7,17H,8-10H2,1-3H3. The minimum absolute atomic E-state index is 0.152. The molecule has 0 aromatic heterocycles. The SMILES string of the molecule is CN(C)CCN(C)C(=O)Cc1ccc(S)cc1. The van der Waals surface area contributed by atoms with Crippen LogP contribution < -0.4 is 0 Å². The highest BCUT2D eigenvalue weighted by molar-refractivity contribution is 7.80. The van der Waals surface area contributed by atoms with Crippen molar-refractivity contribution < 1.29 is 4.79 Å². The van der Waals surface area contributed by atoms with Gasteiger partial charge in [0.2, 0.25) is 5.91 Å². The van der Waals surface area contributed by atoms with Crippen LogP contribution in [0.3, 0.4) is 0 Å². The van der Waals surface area contributed by atoms with Crippen molar-refractivity contribution in [3.8, 4) is 0 Å². The lowest BCUT2D eigenvalue weighted by Gasteiger charge is -2.19. The third kappa shape index (κ3) is 5.24. The Kier molecular flexibility index (Phi) is 5.51. The van der Waals surface area contributed by atoms with E-state index in [-0.39, 0.29) is 5.91 Å². The zero-order valence-electron chi connectivity index (χ0n) is 10.7. The minimum Gasteiger partial charge on any atom is -0.344 e. The molecule has 4 heteroatoms. The molecule has 0 bridgehead atoms. The smallest absolute Gasteiger partial charge is 0.226 e. The van der Waals surface area contributed by atoms with Gasteiger partial charge in [0.25, 0.3) is 0 Å². The van der Waals surface area contributed by atoms with Crippen LogP contribution in [-0.4, -0.2) is 49.9 Å². The molecule has 0 heterocycles. The van der Waals surface area contributed by atoms with Gasteiger partial charge in [0.1, 0.15) is 0 Å². The molecule has 0 aliphatic carbocycles. The lowest BCUT2D eigenvalue weighted by atomic mass is 10.1. The van der Waals surface area contributed by atoms with Gasteiger partial charge in [0.05, 0.1) is 6.42 Å². The highest BCUT2D eigenvalue weighted by Gasteiger charge is 2.09. The normalized spacial score (nSPS) is 10.6. The van der Waals surface area contributed by atoms with Crippen LogP contribution in [0.15, 0.2) is 29.2 Å². The molecule has 0 aliphatic heterocycles. The van der Waals surface area contributed by atoms with Crippen molar-refractivity contribution in [3.05, 3.63) is 29.8 Å². The number of carbonyl (C=O) groups excluding carboxylic acids is 1. The number of likely N-dealkylation sites (N-methyl/N-ethyl adjacent to an activating group) is 2. The first-order valence-electron chi connectivity index (χ1n) is 5.65. The molecule has 1 aromatic rings. The molecule has 1 aromatic carbocycles. The van der Waals surface area contributed by atoms with Crippen molar-refractivity contribution >= 4 is 18.5 Å². The quantitative estimate of drug-likeness (QED) is 0.804. The molecule has 0 atom stereocenters. The highest BCUT2D eigenvalue weighted by Crippen LogP contribution is 2.09. The molecule has 0 N–H and O–H groups in total. The van der Waals surface area contributed by atoms with E-state index < -0.39 is 0 Å². The third-order valence-electron chi connectivity index (χ3n) is 2.60. The van der Waals surface area contributed by atoms with Gasteiger partial charge in [0, 0.05) is 25.0 Å². The summed E-state index contributed by atoms with van der Waals surface area (Å²) in [5.74, 6) is 0.152. The Morgan fingerprint density at radius 1 is 1.12 bits per heavy atom. The second-order valence-corrected chi connectivity index (χ2v) is 4.98. The lowest BCUT2D eigenvalue weighted by molar-refractivity contribution is -0.129. The topological polar surface area (TPSA) is 23.6 Å². The van der Waals surface area contributed by atoms with Crippen molar-refractivity contribution in [2.45, 2.75) is 11.3 Å². The average Bonchev–Trinajstić information content (AvgIpc) is 2.28. The maximum absolute atomic E-state index is 11.9. The van der Waals surface area contributed by atoms with Gasteiger partial charge in [-0.05, 0) is 31.8 Å². The summed E-state index contributed by atoms with van der Waals surface area (Å²) in [5, 5.41) is 0. The molecule has 17 heavy (non-hydrogen) atoms. The lowest BCUT2D eigenvalue weighted by Crippen LogP contribution is -2.34. The van der Waals surface area contributed by atoms with E-state index in [9.17, 15) is 4.79 Å². The Morgan fingerprint density at radius 3 is 2.24 bits per heavy atom. The molecule has 1 rings (SSSR count). The van der Waals surface area contributed by atoms with Gasteiger partial charge < -0.3 is 9.80 Å². The van der Waals surface area contributed by atoms with E-state index in [1.54, 1.807) is 4.90 Å². The summed E-state index contributed by atoms with van der Waals surface area (Å²) >= 11 is 4.22. The van der Waals surface area contributed by atoms with E-state index in [1.807, 2.05) is 45.4 Å². The number of thiol groups is 1. The maximum atomic E-state index is 11.9. The summed E-state index contributed by atoms with van der Waals surface area (Å²) in [4.78, 5) is 16.7. The van der Waals surface area contributed by atoms with E-state index in [0.29, 0.717) is 6.42 Å². The Balaban J connectivity index is 2.45. The fourth-order valence-corrected chi connectivity index (χ4v) is 1.55. The van der Waals surface area contributed by atoms with Crippen molar-refractivity contribution in [2.75, 3.05) is 34.2 Å². The Bertz CT molecular complexity index is 362. The molecule has 3 nitrogen and oxygen atoms in total. The molecule has 0 saturated carbocycles. The summed E-state index contributed by atoms with van der Waals surface area (Å²) in [6.45, 7) is 1.65. The largest absolute Gasteiger partial charge is 0.344 e. The first-order valence-corrected chi connectivity index (χ1v) is 6.10. The molecular weight excluding hydrogens is 232 g/mol. The van der Waals surface area contributed by atoms with Crippen molar-refractivity contribution in [1.29, 1.82) is 0 Å². The summed E-state index contributed by atoms with van der Waals surface area (Å²) in [6.07, 6.45) is 0.456. The van der Waals surface area contributed by atoms with Crippen LogP contribution in [0.5, 0.6) is 0 Å². The third-order valence-corrected chi connectivity index (χ3v) is 2.90. The van der Waals surface area contributed by atoms with Crippen LogP contribution in [0, 0.1) is 0 Å². The molecule has 0 spiro atoms. The summed E-state index contributed by atoms with van der Waals surface area (Å²) < 4.78 is 0. The second kappa shape index (κ2) is 6.67. The molecule has 0 saturated heterocycles. The van der Waals surface area contributed by atoms with Crippen molar-refractivity contribution in [2.24, 2.45) is 0 Å². The van der Waals surface area contributed by atoms with E-state index >= 15 is 0 Å². The van der Waals surface area contributed by atoms with Gasteiger partial charge in [0.15, 0.2) is 0 Å². The predicted octanol–water partition coefficient (Wildman–Crippen LogP) is 1.54. The molecule has 1 amide bonds. The molecular formula is C13H20N2OS. The van der Waals surface area contributed by atoms with Crippen LogP contribution in [0.1, 0.15) is 5.56 Å². The molecule has 0 radical (unpaired) electrons. The number of carbonyl (C=O) groups is 1. The number of amides is 1. The van der Waals surface area contributed by atoms with E-state index in [4.69, 9.17) is 0 Å². The van der Waals surface area contributed by atoms with Crippen LogP contribution in [-0.2, 0) is 11.2 Å². The summed E-state index contributed by atoms with van der Waals surface area (Å²) in [7, 11) is 5.85. The number of nitrogens with zero attached hydrogens (tertiary/aromatic N) is 2. The summed E-state index contributed by atoms with van der Waals surface area (Å²) in [5.41, 5.74) is 1.03. The van der Waals surface area contributed by atoms with E-state index in [2.05, 4.69) is 17.5 Å². The number of hydrogen-bond donors (Lipinski definition) is 1. The molecule has 0 aliphatic rings. The average molecular weight is 252 g/mol. The monoisotopic (exact) mass is 252 g/mol. The van der Waals surface area contributed by atoms with E-state index in [0.717, 1.165) is 23.5 Å². The highest BCUT2D eigenvalue weighted by atomic mass is 32.1. The Labute approximate surface area is 109 Å². The van der Waals surface area contributed by atoms with E-state index in [1.165, 1.54) is 0 Å². The first kappa shape index (κ1) is 14.1. The van der Waals surface area contributed by atoms with Crippen LogP contribution in [0.4, 0.5) is 0 Å².